The predicted molar refractivity (Wildman–Crippen MR) is 62.9 cm³/mol. The lowest BCUT2D eigenvalue weighted by atomic mass is 9.73. The summed E-state index contributed by atoms with van der Waals surface area (Å²) in [7, 11) is 0. The molecule has 0 unspecified atom stereocenters. The second kappa shape index (κ2) is 4.58. The first-order valence-corrected chi connectivity index (χ1v) is 6.27. The Morgan fingerprint density at radius 2 is 2.44 bits per heavy atom. The van der Waals surface area contributed by atoms with Gasteiger partial charge in [0, 0.05) is 31.0 Å². The summed E-state index contributed by atoms with van der Waals surface area (Å²) < 4.78 is 0. The third-order valence-electron chi connectivity index (χ3n) is 4.31. The molecule has 1 amide bonds. The largest absolute Gasteiger partial charge is 0.396 e. The van der Waals surface area contributed by atoms with Crippen LogP contribution in [0.1, 0.15) is 38.5 Å². The van der Waals surface area contributed by atoms with Crippen LogP contribution in [0.2, 0.25) is 0 Å². The van der Waals surface area contributed by atoms with E-state index in [2.05, 4.69) is 6.58 Å². The molecule has 0 aromatic carbocycles. The standard InChI is InChI=1S/C13H21NO2/c1-2-3-7-13-8-6-12(16)14(13)9-4-5-11(13)10-15/h2,11,15H,1,3-10H2/t11-,13-/m0/s1. The maximum Gasteiger partial charge on any atom is 0.223 e. The summed E-state index contributed by atoms with van der Waals surface area (Å²) in [6.45, 7) is 4.85. The van der Waals surface area contributed by atoms with Gasteiger partial charge in [-0.2, -0.15) is 0 Å². The first-order valence-electron chi connectivity index (χ1n) is 6.27. The number of amides is 1. The molecule has 0 aromatic heterocycles. The van der Waals surface area contributed by atoms with Crippen LogP contribution >= 0.6 is 0 Å². The molecule has 2 atom stereocenters. The molecule has 0 spiro atoms. The fraction of sp³-hybridized carbons (Fsp3) is 0.769. The SMILES string of the molecule is C=CCC[C@@]12CCC(=O)N1CCC[C@H]2CO. The monoisotopic (exact) mass is 223 g/mol. The van der Waals surface area contributed by atoms with Gasteiger partial charge in [0.15, 0.2) is 0 Å². The second-order valence-corrected chi connectivity index (χ2v) is 5.00. The van der Waals surface area contributed by atoms with E-state index in [1.54, 1.807) is 0 Å². The molecule has 0 saturated carbocycles. The van der Waals surface area contributed by atoms with E-state index in [0.29, 0.717) is 6.42 Å². The zero-order chi connectivity index (χ0) is 11.6. The number of hydrogen-bond acceptors (Lipinski definition) is 2. The Balaban J connectivity index is 2.23. The first kappa shape index (κ1) is 11.6. The highest BCUT2D eigenvalue weighted by molar-refractivity contribution is 5.80. The molecular weight excluding hydrogens is 202 g/mol. The molecule has 16 heavy (non-hydrogen) atoms. The summed E-state index contributed by atoms with van der Waals surface area (Å²) in [5.74, 6) is 0.551. The second-order valence-electron chi connectivity index (χ2n) is 5.00. The molecule has 3 nitrogen and oxygen atoms in total. The number of piperidine rings is 1. The fourth-order valence-corrected chi connectivity index (χ4v) is 3.46. The lowest BCUT2D eigenvalue weighted by molar-refractivity contribution is -0.136. The van der Waals surface area contributed by atoms with Crippen LogP contribution in [-0.2, 0) is 4.79 Å². The smallest absolute Gasteiger partial charge is 0.223 e. The molecule has 0 radical (unpaired) electrons. The van der Waals surface area contributed by atoms with Crippen molar-refractivity contribution >= 4 is 5.91 Å². The van der Waals surface area contributed by atoms with Crippen LogP contribution in [-0.4, -0.2) is 34.6 Å². The third-order valence-corrected chi connectivity index (χ3v) is 4.31. The molecule has 3 heteroatoms. The van der Waals surface area contributed by atoms with Crippen LogP contribution in [0.15, 0.2) is 12.7 Å². The van der Waals surface area contributed by atoms with Crippen molar-refractivity contribution in [2.75, 3.05) is 13.2 Å². The Morgan fingerprint density at radius 3 is 3.12 bits per heavy atom. The van der Waals surface area contributed by atoms with Crippen LogP contribution in [0.3, 0.4) is 0 Å². The lowest BCUT2D eigenvalue weighted by Crippen LogP contribution is -2.55. The number of carbonyl (C=O) groups excluding carboxylic acids is 1. The normalized spacial score (nSPS) is 33.9. The number of allylic oxidation sites excluding steroid dienone is 1. The number of aliphatic hydroxyl groups is 1. The van der Waals surface area contributed by atoms with Gasteiger partial charge in [0.25, 0.3) is 0 Å². The van der Waals surface area contributed by atoms with Crippen LogP contribution in [0.4, 0.5) is 0 Å². The number of fused-ring (bicyclic) bond motifs is 1. The number of nitrogens with zero attached hydrogens (tertiary/aromatic N) is 1. The van der Waals surface area contributed by atoms with Crippen molar-refractivity contribution in [1.29, 1.82) is 0 Å². The van der Waals surface area contributed by atoms with Gasteiger partial charge in [0.2, 0.25) is 5.91 Å². The molecule has 0 bridgehead atoms. The molecule has 2 aliphatic heterocycles. The fourth-order valence-electron chi connectivity index (χ4n) is 3.46. The van der Waals surface area contributed by atoms with Gasteiger partial charge in [-0.25, -0.2) is 0 Å². The van der Waals surface area contributed by atoms with E-state index in [0.717, 1.165) is 38.6 Å². The van der Waals surface area contributed by atoms with Crippen LogP contribution in [0.5, 0.6) is 0 Å². The molecule has 2 fully saturated rings. The van der Waals surface area contributed by atoms with E-state index in [4.69, 9.17) is 0 Å². The highest BCUT2D eigenvalue weighted by Gasteiger charge is 2.51. The minimum atomic E-state index is -0.0573. The Hall–Kier alpha value is -0.830. The predicted octanol–water partition coefficient (Wildman–Crippen LogP) is 1.72. The summed E-state index contributed by atoms with van der Waals surface area (Å²) in [6, 6.07) is 0. The number of aliphatic hydroxyl groups excluding tert-OH is 1. The van der Waals surface area contributed by atoms with Gasteiger partial charge in [-0.05, 0) is 32.1 Å². The van der Waals surface area contributed by atoms with Crippen molar-refractivity contribution < 1.29 is 9.90 Å². The van der Waals surface area contributed by atoms with Gasteiger partial charge in [-0.15, -0.1) is 6.58 Å². The van der Waals surface area contributed by atoms with Crippen LogP contribution in [0.25, 0.3) is 0 Å². The number of carbonyl (C=O) groups is 1. The van der Waals surface area contributed by atoms with Gasteiger partial charge < -0.3 is 10.0 Å². The maximum atomic E-state index is 11.9. The average molecular weight is 223 g/mol. The molecule has 2 saturated heterocycles. The molecule has 2 aliphatic rings. The minimum absolute atomic E-state index is 0.0573. The Bertz CT molecular complexity index is 290. The molecule has 2 heterocycles. The Labute approximate surface area is 97.1 Å². The number of hydrogen-bond donors (Lipinski definition) is 1. The zero-order valence-electron chi connectivity index (χ0n) is 9.82. The van der Waals surface area contributed by atoms with Gasteiger partial charge >= 0.3 is 0 Å². The lowest BCUT2D eigenvalue weighted by Gasteiger charge is -2.48. The zero-order valence-corrected chi connectivity index (χ0v) is 9.82. The summed E-state index contributed by atoms with van der Waals surface area (Å²) in [4.78, 5) is 13.9. The van der Waals surface area contributed by atoms with Crippen molar-refractivity contribution in [3.8, 4) is 0 Å². The summed E-state index contributed by atoms with van der Waals surface area (Å²) in [5, 5.41) is 9.53. The summed E-state index contributed by atoms with van der Waals surface area (Å²) in [6.07, 6.45) is 7.48. The van der Waals surface area contributed by atoms with Gasteiger partial charge in [-0.3, -0.25) is 4.79 Å². The average Bonchev–Trinajstić information content (AvgIpc) is 2.65. The molecular formula is C13H21NO2. The molecule has 0 aliphatic carbocycles. The quantitative estimate of drug-likeness (QED) is 0.737. The van der Waals surface area contributed by atoms with E-state index in [-0.39, 0.29) is 24.0 Å². The van der Waals surface area contributed by atoms with Crippen molar-refractivity contribution in [2.45, 2.75) is 44.1 Å². The van der Waals surface area contributed by atoms with Gasteiger partial charge in [-0.1, -0.05) is 6.08 Å². The number of rotatable bonds is 4. The molecule has 90 valence electrons. The highest BCUT2D eigenvalue weighted by atomic mass is 16.3. The topological polar surface area (TPSA) is 40.5 Å². The van der Waals surface area contributed by atoms with Crippen LogP contribution in [0, 0.1) is 5.92 Å². The van der Waals surface area contributed by atoms with Crippen molar-refractivity contribution in [3.05, 3.63) is 12.7 Å². The summed E-state index contributed by atoms with van der Waals surface area (Å²) in [5.41, 5.74) is -0.0573. The van der Waals surface area contributed by atoms with Crippen molar-refractivity contribution in [3.63, 3.8) is 0 Å². The molecule has 0 aromatic rings. The maximum absolute atomic E-state index is 11.9. The summed E-state index contributed by atoms with van der Waals surface area (Å²) >= 11 is 0. The molecule has 1 N–H and O–H groups in total. The van der Waals surface area contributed by atoms with Crippen molar-refractivity contribution in [2.24, 2.45) is 5.92 Å². The van der Waals surface area contributed by atoms with Gasteiger partial charge in [0.1, 0.15) is 0 Å². The van der Waals surface area contributed by atoms with Gasteiger partial charge in [0.05, 0.1) is 0 Å². The Kier molecular flexibility index (Phi) is 3.33. The van der Waals surface area contributed by atoms with Crippen molar-refractivity contribution in [1.82, 2.24) is 4.90 Å². The van der Waals surface area contributed by atoms with E-state index in [1.165, 1.54) is 0 Å². The van der Waals surface area contributed by atoms with Crippen LogP contribution < -0.4 is 0 Å². The van der Waals surface area contributed by atoms with E-state index >= 15 is 0 Å². The highest BCUT2D eigenvalue weighted by Crippen LogP contribution is 2.45. The van der Waals surface area contributed by atoms with E-state index in [1.807, 2.05) is 11.0 Å². The van der Waals surface area contributed by atoms with E-state index < -0.39 is 0 Å². The Morgan fingerprint density at radius 1 is 1.62 bits per heavy atom. The minimum Gasteiger partial charge on any atom is -0.396 e. The van der Waals surface area contributed by atoms with E-state index in [9.17, 15) is 9.90 Å². The third kappa shape index (κ3) is 1.67. The molecule has 2 rings (SSSR count). The first-order chi connectivity index (χ1) is 7.74.